The van der Waals surface area contributed by atoms with Gasteiger partial charge in [-0.2, -0.15) is 0 Å². The Hall–Kier alpha value is -2.05. The number of pyridine rings is 1. The normalized spacial score (nSPS) is 10.5. The van der Waals surface area contributed by atoms with Gasteiger partial charge in [-0.05, 0) is 6.92 Å². The van der Waals surface area contributed by atoms with Crippen molar-refractivity contribution in [3.63, 3.8) is 0 Å². The molecule has 0 fully saturated rings. The zero-order chi connectivity index (χ0) is 12.3. The summed E-state index contributed by atoms with van der Waals surface area (Å²) in [6, 6.07) is 0.778. The Morgan fingerprint density at radius 1 is 1.41 bits per heavy atom. The highest BCUT2D eigenvalue weighted by atomic mass is 19.1. The summed E-state index contributed by atoms with van der Waals surface area (Å²) in [5, 5.41) is 10.4. The monoisotopic (exact) mass is 239 g/mol. The van der Waals surface area contributed by atoms with Crippen LogP contribution in [0.25, 0.3) is 0 Å². The summed E-state index contributed by atoms with van der Waals surface area (Å²) in [5.41, 5.74) is 0. The smallest absolute Gasteiger partial charge is 0.168 e. The van der Waals surface area contributed by atoms with Crippen molar-refractivity contribution in [2.24, 2.45) is 0 Å². The van der Waals surface area contributed by atoms with Gasteiger partial charge in [0.15, 0.2) is 17.5 Å². The minimum atomic E-state index is -0.729. The van der Waals surface area contributed by atoms with Crippen molar-refractivity contribution in [3.8, 4) is 0 Å². The molecule has 2 heterocycles. The molecular weight excluding hydrogens is 228 g/mol. The van der Waals surface area contributed by atoms with Crippen LogP contribution in [-0.2, 0) is 13.1 Å². The largest absolute Gasteiger partial charge is 0.360 e. The van der Waals surface area contributed by atoms with Crippen LogP contribution in [0.1, 0.15) is 12.7 Å². The highest BCUT2D eigenvalue weighted by molar-refractivity contribution is 5.35. The molecular formula is C10H11F2N5. The molecule has 0 amide bonds. The Morgan fingerprint density at radius 2 is 2.24 bits per heavy atom. The third-order valence-corrected chi connectivity index (χ3v) is 2.26. The first-order chi connectivity index (χ1) is 8.20. The summed E-state index contributed by atoms with van der Waals surface area (Å²) in [7, 11) is 0. The molecule has 0 aliphatic carbocycles. The number of hydrogen-bond acceptors (Lipinski definition) is 4. The van der Waals surface area contributed by atoms with Gasteiger partial charge in [-0.25, -0.2) is 13.8 Å². The molecule has 7 heteroatoms. The fraction of sp³-hybridized carbons (Fsp3) is 0.300. The van der Waals surface area contributed by atoms with Crippen LogP contribution >= 0.6 is 0 Å². The van der Waals surface area contributed by atoms with Crippen LogP contribution < -0.4 is 5.32 Å². The van der Waals surface area contributed by atoms with Gasteiger partial charge in [0.05, 0.1) is 12.7 Å². The van der Waals surface area contributed by atoms with Crippen molar-refractivity contribution in [1.29, 1.82) is 0 Å². The van der Waals surface area contributed by atoms with Gasteiger partial charge in [-0.3, -0.25) is 0 Å². The van der Waals surface area contributed by atoms with Crippen LogP contribution in [0.5, 0.6) is 0 Å². The van der Waals surface area contributed by atoms with E-state index in [9.17, 15) is 8.78 Å². The Bertz CT molecular complexity index is 511. The molecule has 5 nitrogen and oxygen atoms in total. The third-order valence-electron chi connectivity index (χ3n) is 2.26. The van der Waals surface area contributed by atoms with Gasteiger partial charge in [-0.1, -0.05) is 0 Å². The van der Waals surface area contributed by atoms with Gasteiger partial charge >= 0.3 is 0 Å². The van der Waals surface area contributed by atoms with Gasteiger partial charge < -0.3 is 9.88 Å². The molecule has 2 rings (SSSR count). The fourth-order valence-electron chi connectivity index (χ4n) is 1.39. The Morgan fingerprint density at radius 3 is 2.94 bits per heavy atom. The van der Waals surface area contributed by atoms with Gasteiger partial charge in [0, 0.05) is 12.6 Å². The predicted molar refractivity (Wildman–Crippen MR) is 57.2 cm³/mol. The molecule has 0 aliphatic rings. The van der Waals surface area contributed by atoms with Crippen LogP contribution in [0.4, 0.5) is 14.6 Å². The molecule has 0 unspecified atom stereocenters. The minimum Gasteiger partial charge on any atom is -0.360 e. The first-order valence-electron chi connectivity index (χ1n) is 5.12. The average Bonchev–Trinajstić information content (AvgIpc) is 2.75. The zero-order valence-electron chi connectivity index (χ0n) is 9.19. The molecule has 0 atom stereocenters. The molecule has 0 saturated carbocycles. The number of hydrogen-bond donors (Lipinski definition) is 1. The van der Waals surface area contributed by atoms with Crippen LogP contribution in [0.3, 0.4) is 0 Å². The molecule has 0 saturated heterocycles. The van der Waals surface area contributed by atoms with Crippen molar-refractivity contribution in [2.75, 3.05) is 5.32 Å². The maximum Gasteiger partial charge on any atom is 0.168 e. The molecule has 17 heavy (non-hydrogen) atoms. The Kier molecular flexibility index (Phi) is 3.27. The standard InChI is InChI=1S/C10H11F2N5/c1-2-17-6-15-16-9(17)5-14-10-8(12)3-7(11)4-13-10/h3-4,6H,2,5H2,1H3,(H,13,14). The lowest BCUT2D eigenvalue weighted by Crippen LogP contribution is -2.09. The van der Waals surface area contributed by atoms with Crippen molar-refractivity contribution < 1.29 is 8.78 Å². The lowest BCUT2D eigenvalue weighted by atomic mass is 10.4. The minimum absolute atomic E-state index is 0.00273. The molecule has 1 N–H and O–H groups in total. The summed E-state index contributed by atoms with van der Waals surface area (Å²) in [5.74, 6) is -0.771. The number of rotatable bonds is 4. The van der Waals surface area contributed by atoms with Gasteiger partial charge in [-0.15, -0.1) is 10.2 Å². The molecule has 90 valence electrons. The summed E-state index contributed by atoms with van der Waals surface area (Å²) in [4.78, 5) is 3.61. The first-order valence-corrected chi connectivity index (χ1v) is 5.12. The van der Waals surface area contributed by atoms with Crippen LogP contribution in [0.15, 0.2) is 18.6 Å². The Balaban J connectivity index is 2.07. The van der Waals surface area contributed by atoms with Crippen LogP contribution in [0.2, 0.25) is 0 Å². The summed E-state index contributed by atoms with van der Waals surface area (Å²) < 4.78 is 27.7. The second-order valence-corrected chi connectivity index (χ2v) is 3.37. The van der Waals surface area contributed by atoms with Crippen molar-refractivity contribution in [2.45, 2.75) is 20.0 Å². The first kappa shape index (κ1) is 11.4. The van der Waals surface area contributed by atoms with Gasteiger partial charge in [0.2, 0.25) is 0 Å². The number of nitrogens with zero attached hydrogens (tertiary/aromatic N) is 4. The number of aryl methyl sites for hydroxylation is 1. The van der Waals surface area contributed by atoms with E-state index in [1.54, 1.807) is 6.33 Å². The van der Waals surface area contributed by atoms with E-state index in [2.05, 4.69) is 20.5 Å². The van der Waals surface area contributed by atoms with Gasteiger partial charge in [0.1, 0.15) is 12.1 Å². The summed E-state index contributed by atoms with van der Waals surface area (Å²) in [6.07, 6.45) is 2.54. The van der Waals surface area contributed by atoms with E-state index >= 15 is 0 Å². The average molecular weight is 239 g/mol. The molecule has 0 radical (unpaired) electrons. The quantitative estimate of drug-likeness (QED) is 0.880. The topological polar surface area (TPSA) is 55.6 Å². The van der Waals surface area contributed by atoms with E-state index in [0.29, 0.717) is 5.82 Å². The zero-order valence-corrected chi connectivity index (χ0v) is 9.19. The summed E-state index contributed by atoms with van der Waals surface area (Å²) in [6.45, 7) is 2.95. The highest BCUT2D eigenvalue weighted by Gasteiger charge is 2.07. The van der Waals surface area contributed by atoms with Crippen LogP contribution in [-0.4, -0.2) is 19.7 Å². The van der Waals surface area contributed by atoms with E-state index in [0.717, 1.165) is 18.8 Å². The second-order valence-electron chi connectivity index (χ2n) is 3.37. The van der Waals surface area contributed by atoms with E-state index in [1.807, 2.05) is 11.5 Å². The predicted octanol–water partition coefficient (Wildman–Crippen LogP) is 1.58. The van der Waals surface area contributed by atoms with Crippen molar-refractivity contribution in [3.05, 3.63) is 36.0 Å². The lowest BCUT2D eigenvalue weighted by Gasteiger charge is -2.06. The maximum absolute atomic E-state index is 13.3. The number of aromatic nitrogens is 4. The van der Waals surface area contributed by atoms with E-state index in [1.165, 1.54) is 0 Å². The number of halogens is 2. The molecule has 0 aromatic carbocycles. The fourth-order valence-corrected chi connectivity index (χ4v) is 1.39. The molecule has 2 aromatic heterocycles. The van der Waals surface area contributed by atoms with Crippen molar-refractivity contribution >= 4 is 5.82 Å². The second kappa shape index (κ2) is 4.86. The van der Waals surface area contributed by atoms with E-state index in [4.69, 9.17) is 0 Å². The lowest BCUT2D eigenvalue weighted by molar-refractivity contribution is 0.575. The SMILES string of the molecule is CCn1cnnc1CNc1ncc(F)cc1F. The Labute approximate surface area is 96.5 Å². The molecule has 0 bridgehead atoms. The highest BCUT2D eigenvalue weighted by Crippen LogP contribution is 2.11. The number of anilines is 1. The van der Waals surface area contributed by atoms with Crippen LogP contribution in [0, 0.1) is 11.6 Å². The maximum atomic E-state index is 13.3. The van der Waals surface area contributed by atoms with Crippen molar-refractivity contribution in [1.82, 2.24) is 19.7 Å². The molecule has 2 aromatic rings. The van der Waals surface area contributed by atoms with Gasteiger partial charge in [0.25, 0.3) is 0 Å². The van der Waals surface area contributed by atoms with E-state index in [-0.39, 0.29) is 12.4 Å². The third kappa shape index (κ3) is 2.55. The molecule has 0 aliphatic heterocycles. The van der Waals surface area contributed by atoms with E-state index < -0.39 is 11.6 Å². The summed E-state index contributed by atoms with van der Waals surface area (Å²) >= 11 is 0. The molecule has 0 spiro atoms. The number of nitrogens with one attached hydrogen (secondary N) is 1.